The molecule has 0 fully saturated rings. The topological polar surface area (TPSA) is 58.2 Å². The number of hydrogen-bond donors (Lipinski definition) is 2. The van der Waals surface area contributed by atoms with E-state index in [0.29, 0.717) is 0 Å². The van der Waals surface area contributed by atoms with Crippen LogP contribution >= 0.6 is 0 Å². The second-order valence-corrected chi connectivity index (χ2v) is 6.67. The maximum atomic E-state index is 12.3. The van der Waals surface area contributed by atoms with Crippen molar-refractivity contribution < 1.29 is 9.59 Å². The first-order chi connectivity index (χ1) is 13.7. The van der Waals surface area contributed by atoms with E-state index in [9.17, 15) is 9.59 Å². The first kappa shape index (κ1) is 17.7. The van der Waals surface area contributed by atoms with Crippen LogP contribution in [0.25, 0.3) is 21.5 Å². The summed E-state index contributed by atoms with van der Waals surface area (Å²) in [5, 5.41) is 9.78. The van der Waals surface area contributed by atoms with Crippen molar-refractivity contribution in [3.05, 3.63) is 90.5 Å². The van der Waals surface area contributed by atoms with Gasteiger partial charge in [-0.15, -0.1) is 0 Å². The first-order valence-electron chi connectivity index (χ1n) is 9.22. The van der Waals surface area contributed by atoms with Crippen molar-refractivity contribution in [3.8, 4) is 0 Å². The number of rotatable bonds is 5. The molecule has 0 unspecified atom stereocenters. The van der Waals surface area contributed by atoms with Gasteiger partial charge in [-0.2, -0.15) is 0 Å². The number of benzene rings is 4. The summed E-state index contributed by atoms with van der Waals surface area (Å²) in [7, 11) is 0. The third kappa shape index (κ3) is 3.86. The summed E-state index contributed by atoms with van der Waals surface area (Å²) < 4.78 is 0. The number of fused-ring (bicyclic) bond motifs is 2. The van der Waals surface area contributed by atoms with Gasteiger partial charge in [-0.05, 0) is 27.8 Å². The molecule has 28 heavy (non-hydrogen) atoms. The molecule has 4 nitrogen and oxygen atoms in total. The summed E-state index contributed by atoms with van der Waals surface area (Å²) in [5.74, 6) is -0.424. The summed E-state index contributed by atoms with van der Waals surface area (Å²) in [6.07, 6.45) is 0.239. The monoisotopic (exact) mass is 368 g/mol. The largest absolute Gasteiger partial charge is 0.347 e. The molecule has 0 aromatic heterocycles. The normalized spacial score (nSPS) is 10.7. The van der Waals surface area contributed by atoms with Crippen LogP contribution in [0.4, 0.5) is 5.69 Å². The van der Waals surface area contributed by atoms with E-state index >= 15 is 0 Å². The Balaban J connectivity index is 1.38. The second kappa shape index (κ2) is 7.92. The van der Waals surface area contributed by atoms with Gasteiger partial charge in [0, 0.05) is 11.1 Å². The average Bonchev–Trinajstić information content (AvgIpc) is 2.73. The Morgan fingerprint density at radius 1 is 0.643 bits per heavy atom. The Labute approximate surface area is 163 Å². The minimum Gasteiger partial charge on any atom is -0.347 e. The van der Waals surface area contributed by atoms with Crippen LogP contribution in [0.1, 0.15) is 5.56 Å². The zero-order valence-corrected chi connectivity index (χ0v) is 15.3. The second-order valence-electron chi connectivity index (χ2n) is 6.67. The smallest absolute Gasteiger partial charge is 0.243 e. The van der Waals surface area contributed by atoms with E-state index < -0.39 is 0 Å². The molecule has 0 saturated carbocycles. The Bertz CT molecular complexity index is 1060. The predicted molar refractivity (Wildman–Crippen MR) is 113 cm³/mol. The Kier molecular flexibility index (Phi) is 5.02. The van der Waals surface area contributed by atoms with Crippen LogP contribution in [-0.2, 0) is 16.0 Å². The van der Waals surface area contributed by atoms with Crippen molar-refractivity contribution in [2.45, 2.75) is 6.42 Å². The van der Waals surface area contributed by atoms with Crippen molar-refractivity contribution in [2.24, 2.45) is 0 Å². The van der Waals surface area contributed by atoms with E-state index in [2.05, 4.69) is 10.6 Å². The van der Waals surface area contributed by atoms with E-state index in [4.69, 9.17) is 0 Å². The van der Waals surface area contributed by atoms with Crippen LogP contribution < -0.4 is 10.6 Å². The lowest BCUT2D eigenvalue weighted by molar-refractivity contribution is -0.123. The molecule has 0 aliphatic carbocycles. The highest BCUT2D eigenvalue weighted by atomic mass is 16.2. The molecule has 0 aliphatic heterocycles. The van der Waals surface area contributed by atoms with Gasteiger partial charge in [-0.3, -0.25) is 9.59 Å². The van der Waals surface area contributed by atoms with Crippen molar-refractivity contribution in [3.63, 3.8) is 0 Å². The third-order valence-corrected chi connectivity index (χ3v) is 4.74. The van der Waals surface area contributed by atoms with Crippen molar-refractivity contribution in [1.29, 1.82) is 0 Å². The molecule has 0 heterocycles. The Hall–Kier alpha value is -3.66. The molecule has 0 radical (unpaired) electrons. The molecule has 4 aromatic carbocycles. The summed E-state index contributed by atoms with van der Waals surface area (Å²) >= 11 is 0. The van der Waals surface area contributed by atoms with E-state index in [1.165, 1.54) is 0 Å². The van der Waals surface area contributed by atoms with Gasteiger partial charge >= 0.3 is 0 Å². The lowest BCUT2D eigenvalue weighted by atomic mass is 10.0. The van der Waals surface area contributed by atoms with E-state index in [1.54, 1.807) is 0 Å². The lowest BCUT2D eigenvalue weighted by Crippen LogP contribution is -2.33. The SMILES string of the molecule is O=C(Cc1cccc2ccccc12)NCC(=O)Nc1cccc2ccccc12. The minimum atomic E-state index is -0.248. The molecule has 0 saturated heterocycles. The van der Waals surface area contributed by atoms with Gasteiger partial charge < -0.3 is 10.6 Å². The van der Waals surface area contributed by atoms with Gasteiger partial charge in [-0.1, -0.05) is 78.9 Å². The van der Waals surface area contributed by atoms with Crippen molar-refractivity contribution in [2.75, 3.05) is 11.9 Å². The van der Waals surface area contributed by atoms with Crippen LogP contribution in [0.15, 0.2) is 84.9 Å². The number of carbonyl (C=O) groups excluding carboxylic acids is 2. The number of amides is 2. The van der Waals surface area contributed by atoms with Crippen LogP contribution in [0.3, 0.4) is 0 Å². The molecule has 0 bridgehead atoms. The van der Waals surface area contributed by atoms with E-state index in [-0.39, 0.29) is 24.8 Å². The quantitative estimate of drug-likeness (QED) is 0.552. The van der Waals surface area contributed by atoms with Gasteiger partial charge in [-0.25, -0.2) is 0 Å². The molecule has 0 atom stereocenters. The lowest BCUT2D eigenvalue weighted by Gasteiger charge is -2.10. The highest BCUT2D eigenvalue weighted by Crippen LogP contribution is 2.22. The zero-order chi connectivity index (χ0) is 19.3. The minimum absolute atomic E-state index is 0.0627. The molecule has 138 valence electrons. The average molecular weight is 368 g/mol. The molecule has 0 spiro atoms. The summed E-state index contributed by atoms with van der Waals surface area (Å²) in [6, 6.07) is 27.5. The third-order valence-electron chi connectivity index (χ3n) is 4.74. The molecule has 2 amide bonds. The van der Waals surface area contributed by atoms with Gasteiger partial charge in [0.2, 0.25) is 11.8 Å². The predicted octanol–water partition coefficient (Wildman–Crippen LogP) is 4.29. The first-order valence-corrected chi connectivity index (χ1v) is 9.22. The number of nitrogens with one attached hydrogen (secondary N) is 2. The van der Waals surface area contributed by atoms with Crippen LogP contribution in [0, 0.1) is 0 Å². The maximum Gasteiger partial charge on any atom is 0.243 e. The highest BCUT2D eigenvalue weighted by molar-refractivity contribution is 6.03. The van der Waals surface area contributed by atoms with Crippen LogP contribution in [0.5, 0.6) is 0 Å². The summed E-state index contributed by atoms with van der Waals surface area (Å²) in [4.78, 5) is 24.6. The van der Waals surface area contributed by atoms with Gasteiger partial charge in [0.05, 0.1) is 13.0 Å². The maximum absolute atomic E-state index is 12.3. The fourth-order valence-electron chi connectivity index (χ4n) is 3.39. The van der Waals surface area contributed by atoms with Gasteiger partial charge in [0.1, 0.15) is 0 Å². The van der Waals surface area contributed by atoms with Crippen LogP contribution in [-0.4, -0.2) is 18.4 Å². The van der Waals surface area contributed by atoms with Gasteiger partial charge in [0.25, 0.3) is 0 Å². The molecule has 0 aliphatic rings. The van der Waals surface area contributed by atoms with Crippen molar-refractivity contribution in [1.82, 2.24) is 5.32 Å². The standard InChI is InChI=1S/C24H20N2O2/c27-23(15-19-11-5-9-17-7-1-3-12-20(17)19)25-16-24(28)26-22-14-6-10-18-8-2-4-13-21(18)22/h1-14H,15-16H2,(H,25,27)(H,26,28). The molecule has 2 N–H and O–H groups in total. The number of anilines is 1. The fourth-order valence-corrected chi connectivity index (χ4v) is 3.39. The van der Waals surface area contributed by atoms with E-state index in [0.717, 1.165) is 32.8 Å². The molecular weight excluding hydrogens is 348 g/mol. The molecular formula is C24H20N2O2. The highest BCUT2D eigenvalue weighted by Gasteiger charge is 2.10. The van der Waals surface area contributed by atoms with Crippen LogP contribution in [0.2, 0.25) is 0 Å². The molecule has 4 heteroatoms. The Morgan fingerprint density at radius 3 is 2.04 bits per heavy atom. The fraction of sp³-hybridized carbons (Fsp3) is 0.0833. The number of hydrogen-bond acceptors (Lipinski definition) is 2. The van der Waals surface area contributed by atoms with Gasteiger partial charge in [0.15, 0.2) is 0 Å². The Morgan fingerprint density at radius 2 is 1.25 bits per heavy atom. The molecule has 4 rings (SSSR count). The van der Waals surface area contributed by atoms with Crippen molar-refractivity contribution >= 4 is 39.0 Å². The van der Waals surface area contributed by atoms with E-state index in [1.807, 2.05) is 84.9 Å². The molecule has 4 aromatic rings. The number of carbonyl (C=O) groups is 2. The summed E-state index contributed by atoms with van der Waals surface area (Å²) in [6.45, 7) is -0.0627. The summed E-state index contributed by atoms with van der Waals surface area (Å²) in [5.41, 5.74) is 1.69. The zero-order valence-electron chi connectivity index (χ0n) is 15.3.